The standard InChI is InChI=1S/C23H28ClN3O2/c24-19-3-7-21(8-4-19)27-15-22(29-23(27)16-28)14-26-11-9-18(10-12-26)13-17-1-5-20(25)6-2-17/h1-8,16,18,22-23H,9-15,25H2/t22-,23?/m0/s1. The highest BCUT2D eigenvalue weighted by molar-refractivity contribution is 6.30. The quantitative estimate of drug-likeness (QED) is 0.579. The van der Waals surface area contributed by atoms with Gasteiger partial charge in [-0.2, -0.15) is 0 Å². The van der Waals surface area contributed by atoms with Gasteiger partial charge in [0.05, 0.1) is 6.10 Å². The highest BCUT2D eigenvalue weighted by Crippen LogP contribution is 2.27. The van der Waals surface area contributed by atoms with Gasteiger partial charge in [0.2, 0.25) is 0 Å². The minimum Gasteiger partial charge on any atom is -0.399 e. The number of carbonyl (C=O) groups excluding carboxylic acids is 1. The Bertz CT molecular complexity index is 804. The lowest BCUT2D eigenvalue weighted by molar-refractivity contribution is -0.117. The monoisotopic (exact) mass is 413 g/mol. The second-order valence-corrected chi connectivity index (χ2v) is 8.54. The lowest BCUT2D eigenvalue weighted by Gasteiger charge is -2.33. The van der Waals surface area contributed by atoms with E-state index in [-0.39, 0.29) is 6.10 Å². The molecule has 29 heavy (non-hydrogen) atoms. The van der Waals surface area contributed by atoms with Gasteiger partial charge < -0.3 is 20.3 Å². The van der Waals surface area contributed by atoms with Crippen molar-refractivity contribution in [3.63, 3.8) is 0 Å². The highest BCUT2D eigenvalue weighted by Gasteiger charge is 2.34. The van der Waals surface area contributed by atoms with Gasteiger partial charge in [-0.05, 0) is 80.2 Å². The van der Waals surface area contributed by atoms with Crippen molar-refractivity contribution in [2.75, 3.05) is 36.8 Å². The third-order valence-corrected chi connectivity index (χ3v) is 6.24. The van der Waals surface area contributed by atoms with Crippen LogP contribution in [0.25, 0.3) is 0 Å². The summed E-state index contributed by atoms with van der Waals surface area (Å²) in [7, 11) is 0. The maximum absolute atomic E-state index is 11.5. The number of benzene rings is 2. The normalized spacial score (nSPS) is 23.4. The number of hydrogen-bond acceptors (Lipinski definition) is 5. The van der Waals surface area contributed by atoms with Crippen molar-refractivity contribution in [3.8, 4) is 0 Å². The number of nitrogens with two attached hydrogens (primary N) is 1. The van der Waals surface area contributed by atoms with E-state index in [1.807, 2.05) is 41.3 Å². The number of likely N-dealkylation sites (tertiary alicyclic amines) is 1. The Balaban J connectivity index is 1.27. The average molecular weight is 414 g/mol. The average Bonchev–Trinajstić information content (AvgIpc) is 3.14. The van der Waals surface area contributed by atoms with Crippen LogP contribution in [-0.4, -0.2) is 49.7 Å². The molecule has 2 heterocycles. The molecule has 1 unspecified atom stereocenters. The number of piperidine rings is 1. The molecule has 5 nitrogen and oxygen atoms in total. The number of anilines is 2. The van der Waals surface area contributed by atoms with Gasteiger partial charge in [0.1, 0.15) is 0 Å². The molecule has 2 N–H and O–H groups in total. The number of halogens is 1. The molecule has 0 radical (unpaired) electrons. The van der Waals surface area contributed by atoms with Gasteiger partial charge >= 0.3 is 0 Å². The molecule has 2 aromatic carbocycles. The zero-order chi connectivity index (χ0) is 20.2. The van der Waals surface area contributed by atoms with Gasteiger partial charge in [-0.1, -0.05) is 23.7 Å². The molecule has 0 amide bonds. The summed E-state index contributed by atoms with van der Waals surface area (Å²) in [4.78, 5) is 16.0. The number of rotatable bonds is 6. The molecule has 2 aromatic rings. The van der Waals surface area contributed by atoms with E-state index < -0.39 is 6.23 Å². The highest BCUT2D eigenvalue weighted by atomic mass is 35.5. The Morgan fingerprint density at radius 1 is 1.07 bits per heavy atom. The van der Waals surface area contributed by atoms with Crippen LogP contribution in [0.1, 0.15) is 18.4 Å². The molecular formula is C23H28ClN3O2. The second kappa shape index (κ2) is 9.16. The van der Waals surface area contributed by atoms with Gasteiger partial charge in [0, 0.05) is 29.5 Å². The Hall–Kier alpha value is -2.08. The van der Waals surface area contributed by atoms with Crippen molar-refractivity contribution < 1.29 is 9.53 Å². The second-order valence-electron chi connectivity index (χ2n) is 8.10. The van der Waals surface area contributed by atoms with Crippen LogP contribution in [0.5, 0.6) is 0 Å². The van der Waals surface area contributed by atoms with Gasteiger partial charge in [-0.3, -0.25) is 4.79 Å². The van der Waals surface area contributed by atoms with Gasteiger partial charge in [-0.25, -0.2) is 0 Å². The Kier molecular flexibility index (Phi) is 6.38. The van der Waals surface area contributed by atoms with E-state index in [2.05, 4.69) is 17.0 Å². The van der Waals surface area contributed by atoms with Crippen LogP contribution in [0.2, 0.25) is 5.02 Å². The minimum atomic E-state index is -0.524. The fraction of sp³-hybridized carbons (Fsp3) is 0.435. The lowest BCUT2D eigenvalue weighted by atomic mass is 9.90. The van der Waals surface area contributed by atoms with Crippen LogP contribution in [-0.2, 0) is 16.0 Å². The van der Waals surface area contributed by atoms with Crippen LogP contribution in [0.15, 0.2) is 48.5 Å². The van der Waals surface area contributed by atoms with E-state index in [4.69, 9.17) is 22.1 Å². The summed E-state index contributed by atoms with van der Waals surface area (Å²) < 4.78 is 6.02. The summed E-state index contributed by atoms with van der Waals surface area (Å²) in [5.41, 5.74) is 8.93. The number of nitrogen functional groups attached to an aromatic ring is 1. The van der Waals surface area contributed by atoms with Crippen molar-refractivity contribution >= 4 is 29.3 Å². The van der Waals surface area contributed by atoms with E-state index in [1.165, 1.54) is 18.4 Å². The zero-order valence-electron chi connectivity index (χ0n) is 16.5. The smallest absolute Gasteiger partial charge is 0.187 e. The molecule has 0 aliphatic carbocycles. The van der Waals surface area contributed by atoms with Crippen molar-refractivity contribution in [2.45, 2.75) is 31.6 Å². The first-order chi connectivity index (χ1) is 14.1. The predicted molar refractivity (Wildman–Crippen MR) is 117 cm³/mol. The molecule has 6 heteroatoms. The van der Waals surface area contributed by atoms with E-state index in [1.54, 1.807) is 0 Å². The molecule has 2 atom stereocenters. The summed E-state index contributed by atoms with van der Waals surface area (Å²) in [5.74, 6) is 0.715. The molecule has 4 rings (SSSR count). The first-order valence-electron chi connectivity index (χ1n) is 10.3. The number of nitrogens with zero attached hydrogens (tertiary/aromatic N) is 2. The first-order valence-corrected chi connectivity index (χ1v) is 10.7. The Morgan fingerprint density at radius 3 is 2.41 bits per heavy atom. The molecule has 0 aromatic heterocycles. The van der Waals surface area contributed by atoms with E-state index in [0.717, 1.165) is 50.3 Å². The van der Waals surface area contributed by atoms with Crippen LogP contribution < -0.4 is 10.6 Å². The van der Waals surface area contributed by atoms with Crippen molar-refractivity contribution in [3.05, 3.63) is 59.1 Å². The molecule has 2 aliphatic heterocycles. The van der Waals surface area contributed by atoms with Crippen LogP contribution in [0.3, 0.4) is 0 Å². The molecule has 0 saturated carbocycles. The van der Waals surface area contributed by atoms with Crippen LogP contribution >= 0.6 is 11.6 Å². The topological polar surface area (TPSA) is 58.8 Å². The zero-order valence-corrected chi connectivity index (χ0v) is 17.3. The summed E-state index contributed by atoms with van der Waals surface area (Å²) >= 11 is 5.98. The lowest BCUT2D eigenvalue weighted by Crippen LogP contribution is -2.40. The van der Waals surface area contributed by atoms with E-state index >= 15 is 0 Å². The molecule has 2 fully saturated rings. The van der Waals surface area contributed by atoms with Gasteiger partial charge in [0.25, 0.3) is 0 Å². The van der Waals surface area contributed by atoms with Crippen molar-refractivity contribution in [2.24, 2.45) is 5.92 Å². The number of hydrogen-bond donors (Lipinski definition) is 1. The van der Waals surface area contributed by atoms with Gasteiger partial charge in [-0.15, -0.1) is 0 Å². The molecular weight excluding hydrogens is 386 g/mol. The number of ether oxygens (including phenoxy) is 1. The maximum Gasteiger partial charge on any atom is 0.187 e. The molecule has 0 bridgehead atoms. The molecule has 2 aliphatic rings. The summed E-state index contributed by atoms with van der Waals surface area (Å²) in [6.07, 6.45) is 3.89. The van der Waals surface area contributed by atoms with E-state index in [0.29, 0.717) is 10.9 Å². The summed E-state index contributed by atoms with van der Waals surface area (Å²) in [6, 6.07) is 15.8. The predicted octanol–water partition coefficient (Wildman–Crippen LogP) is 3.61. The fourth-order valence-corrected chi connectivity index (χ4v) is 4.50. The Labute approximate surface area is 177 Å². The summed E-state index contributed by atoms with van der Waals surface area (Å²) in [6.45, 7) is 3.73. The van der Waals surface area contributed by atoms with E-state index in [9.17, 15) is 4.79 Å². The van der Waals surface area contributed by atoms with Crippen LogP contribution in [0, 0.1) is 5.92 Å². The molecule has 154 valence electrons. The fourth-order valence-electron chi connectivity index (χ4n) is 4.38. The van der Waals surface area contributed by atoms with Crippen molar-refractivity contribution in [1.82, 2.24) is 4.90 Å². The Morgan fingerprint density at radius 2 is 1.76 bits per heavy atom. The first kappa shape index (κ1) is 20.2. The third kappa shape index (κ3) is 5.10. The number of carbonyl (C=O) groups is 1. The van der Waals surface area contributed by atoms with Gasteiger partial charge in [0.15, 0.2) is 12.5 Å². The number of aldehydes is 1. The maximum atomic E-state index is 11.5. The van der Waals surface area contributed by atoms with Crippen LogP contribution in [0.4, 0.5) is 11.4 Å². The molecule has 2 saturated heterocycles. The van der Waals surface area contributed by atoms with Crippen molar-refractivity contribution in [1.29, 1.82) is 0 Å². The molecule has 0 spiro atoms. The largest absolute Gasteiger partial charge is 0.399 e. The minimum absolute atomic E-state index is 0.0366. The SMILES string of the molecule is Nc1ccc(CC2CCN(C[C@H]3CN(c4ccc(Cl)cc4)C(C=O)O3)CC2)cc1. The summed E-state index contributed by atoms with van der Waals surface area (Å²) in [5, 5.41) is 0.690. The third-order valence-electron chi connectivity index (χ3n) is 5.99.